The molecule has 6 nitrogen and oxygen atoms in total. The summed E-state index contributed by atoms with van der Waals surface area (Å²) in [6.07, 6.45) is 1.29. The van der Waals surface area contributed by atoms with E-state index in [9.17, 15) is 14.0 Å². The van der Waals surface area contributed by atoms with Crippen LogP contribution in [0.25, 0.3) is 0 Å². The van der Waals surface area contributed by atoms with E-state index in [2.05, 4.69) is 10.3 Å². The molecule has 0 aliphatic carbocycles. The summed E-state index contributed by atoms with van der Waals surface area (Å²) >= 11 is 0. The Balaban J connectivity index is 1.58. The molecule has 0 saturated carbocycles. The van der Waals surface area contributed by atoms with Crippen molar-refractivity contribution < 1.29 is 19.1 Å². The molecule has 0 unspecified atom stereocenters. The molecule has 0 spiro atoms. The van der Waals surface area contributed by atoms with Gasteiger partial charge in [0.1, 0.15) is 11.6 Å². The predicted octanol–water partition coefficient (Wildman–Crippen LogP) is 2.77. The number of hydrogen-bond donors (Lipinski definition) is 2. The lowest BCUT2D eigenvalue weighted by atomic mass is 9.95. The van der Waals surface area contributed by atoms with Gasteiger partial charge < -0.3 is 15.3 Å². The van der Waals surface area contributed by atoms with Gasteiger partial charge in [-0.25, -0.2) is 14.2 Å². The SMILES string of the molecule is O=C(O)c1cccc(N2CCC(C(=O)Nc3ccc(F)cc3)CC2)n1. The van der Waals surface area contributed by atoms with Crippen LogP contribution in [0, 0.1) is 11.7 Å². The molecule has 2 N–H and O–H groups in total. The minimum atomic E-state index is -1.06. The molecular formula is C18H18FN3O3. The molecular weight excluding hydrogens is 325 g/mol. The fourth-order valence-corrected chi connectivity index (χ4v) is 2.87. The monoisotopic (exact) mass is 343 g/mol. The summed E-state index contributed by atoms with van der Waals surface area (Å²) in [5.74, 6) is -1.02. The predicted molar refractivity (Wildman–Crippen MR) is 91.2 cm³/mol. The molecule has 1 saturated heterocycles. The Morgan fingerprint density at radius 1 is 1.12 bits per heavy atom. The smallest absolute Gasteiger partial charge is 0.354 e. The quantitative estimate of drug-likeness (QED) is 0.892. The van der Waals surface area contributed by atoms with Crippen LogP contribution in [0.3, 0.4) is 0 Å². The highest BCUT2D eigenvalue weighted by Gasteiger charge is 2.26. The van der Waals surface area contributed by atoms with Crippen molar-refractivity contribution in [3.63, 3.8) is 0 Å². The molecule has 3 rings (SSSR count). The Kier molecular flexibility index (Phi) is 4.92. The molecule has 0 atom stereocenters. The molecule has 25 heavy (non-hydrogen) atoms. The fraction of sp³-hybridized carbons (Fsp3) is 0.278. The highest BCUT2D eigenvalue weighted by Crippen LogP contribution is 2.23. The van der Waals surface area contributed by atoms with E-state index >= 15 is 0 Å². The molecule has 0 bridgehead atoms. The van der Waals surface area contributed by atoms with Crippen molar-refractivity contribution in [3.8, 4) is 0 Å². The van der Waals surface area contributed by atoms with Crippen LogP contribution in [0.2, 0.25) is 0 Å². The van der Waals surface area contributed by atoms with Gasteiger partial charge in [-0.1, -0.05) is 6.07 Å². The number of carboxylic acids is 1. The van der Waals surface area contributed by atoms with E-state index in [4.69, 9.17) is 5.11 Å². The number of pyridine rings is 1. The number of nitrogens with one attached hydrogen (secondary N) is 1. The van der Waals surface area contributed by atoms with Crippen LogP contribution in [-0.2, 0) is 4.79 Å². The number of aromatic nitrogens is 1. The van der Waals surface area contributed by atoms with Crippen LogP contribution >= 0.6 is 0 Å². The van der Waals surface area contributed by atoms with Crippen LogP contribution < -0.4 is 10.2 Å². The van der Waals surface area contributed by atoms with Crippen molar-refractivity contribution in [3.05, 3.63) is 54.0 Å². The van der Waals surface area contributed by atoms with Crippen molar-refractivity contribution in [2.45, 2.75) is 12.8 Å². The van der Waals surface area contributed by atoms with Crippen molar-refractivity contribution in [2.75, 3.05) is 23.3 Å². The van der Waals surface area contributed by atoms with Gasteiger partial charge in [0.2, 0.25) is 5.91 Å². The van der Waals surface area contributed by atoms with E-state index in [-0.39, 0.29) is 23.3 Å². The zero-order valence-electron chi connectivity index (χ0n) is 13.5. The van der Waals surface area contributed by atoms with Gasteiger partial charge in [0.15, 0.2) is 5.69 Å². The first-order valence-corrected chi connectivity index (χ1v) is 8.04. The lowest BCUT2D eigenvalue weighted by Crippen LogP contribution is -2.38. The number of carboxylic acid groups (broad SMARTS) is 1. The number of amides is 1. The van der Waals surface area contributed by atoms with E-state index in [1.807, 2.05) is 4.90 Å². The van der Waals surface area contributed by atoms with Crippen LogP contribution in [0.1, 0.15) is 23.3 Å². The number of piperidine rings is 1. The number of hydrogen-bond acceptors (Lipinski definition) is 4. The minimum Gasteiger partial charge on any atom is -0.477 e. The molecule has 1 aromatic heterocycles. The van der Waals surface area contributed by atoms with E-state index in [0.29, 0.717) is 37.4 Å². The molecule has 1 aromatic carbocycles. The topological polar surface area (TPSA) is 82.5 Å². The maximum absolute atomic E-state index is 12.9. The van der Waals surface area contributed by atoms with Crippen molar-refractivity contribution in [1.82, 2.24) is 4.98 Å². The maximum atomic E-state index is 12.9. The second-order valence-electron chi connectivity index (χ2n) is 5.94. The number of rotatable bonds is 4. The molecule has 1 fully saturated rings. The fourth-order valence-electron chi connectivity index (χ4n) is 2.87. The first-order chi connectivity index (χ1) is 12.0. The lowest BCUT2D eigenvalue weighted by molar-refractivity contribution is -0.120. The van der Waals surface area contributed by atoms with Gasteiger partial charge in [-0.3, -0.25) is 4.79 Å². The van der Waals surface area contributed by atoms with Crippen molar-refractivity contribution in [2.24, 2.45) is 5.92 Å². The summed E-state index contributed by atoms with van der Waals surface area (Å²) in [5, 5.41) is 11.8. The standard InChI is InChI=1S/C18H18FN3O3/c19-13-4-6-14(7-5-13)20-17(23)12-8-10-22(11-9-12)16-3-1-2-15(21-16)18(24)25/h1-7,12H,8-11H2,(H,20,23)(H,24,25). The first-order valence-electron chi connectivity index (χ1n) is 8.04. The van der Waals surface area contributed by atoms with Crippen LogP contribution in [0.5, 0.6) is 0 Å². The molecule has 2 aromatic rings. The zero-order valence-corrected chi connectivity index (χ0v) is 13.5. The average molecular weight is 343 g/mol. The van der Waals surface area contributed by atoms with Crippen molar-refractivity contribution in [1.29, 1.82) is 0 Å². The number of aromatic carboxylic acids is 1. The third kappa shape index (κ3) is 4.12. The highest BCUT2D eigenvalue weighted by molar-refractivity contribution is 5.92. The Hall–Kier alpha value is -2.96. The van der Waals surface area contributed by atoms with Gasteiger partial charge in [-0.15, -0.1) is 0 Å². The summed E-state index contributed by atoms with van der Waals surface area (Å²) in [6, 6.07) is 10.6. The highest BCUT2D eigenvalue weighted by atomic mass is 19.1. The Morgan fingerprint density at radius 3 is 2.44 bits per heavy atom. The minimum absolute atomic E-state index is 0.00803. The van der Waals surface area contributed by atoms with Gasteiger partial charge in [0.05, 0.1) is 0 Å². The van der Waals surface area contributed by atoms with Crippen molar-refractivity contribution >= 4 is 23.4 Å². The van der Waals surface area contributed by atoms with E-state index in [1.54, 1.807) is 12.1 Å². The summed E-state index contributed by atoms with van der Waals surface area (Å²) < 4.78 is 12.9. The van der Waals surface area contributed by atoms with Crippen LogP contribution in [0.4, 0.5) is 15.9 Å². The van der Waals surface area contributed by atoms with Gasteiger partial charge in [0.25, 0.3) is 0 Å². The summed E-state index contributed by atoms with van der Waals surface area (Å²) in [7, 11) is 0. The molecule has 7 heteroatoms. The molecule has 0 radical (unpaired) electrons. The summed E-state index contributed by atoms with van der Waals surface area (Å²) in [5.41, 5.74) is 0.582. The molecule has 130 valence electrons. The first kappa shape index (κ1) is 16.9. The van der Waals surface area contributed by atoms with Gasteiger partial charge in [0, 0.05) is 24.7 Å². The Labute approximate surface area is 144 Å². The number of nitrogens with zero attached hydrogens (tertiary/aromatic N) is 2. The van der Waals surface area contributed by atoms with Crippen LogP contribution in [-0.4, -0.2) is 35.1 Å². The molecule has 1 aliphatic heterocycles. The molecule has 2 heterocycles. The number of carbonyl (C=O) groups is 2. The largest absolute Gasteiger partial charge is 0.477 e. The van der Waals surface area contributed by atoms with E-state index in [0.717, 1.165) is 0 Å². The van der Waals surface area contributed by atoms with E-state index in [1.165, 1.54) is 30.3 Å². The number of anilines is 2. The van der Waals surface area contributed by atoms with Gasteiger partial charge in [-0.2, -0.15) is 0 Å². The van der Waals surface area contributed by atoms with Gasteiger partial charge >= 0.3 is 5.97 Å². The average Bonchev–Trinajstić information content (AvgIpc) is 2.64. The second kappa shape index (κ2) is 7.29. The van der Waals surface area contributed by atoms with Crippen LogP contribution in [0.15, 0.2) is 42.5 Å². The number of carbonyl (C=O) groups excluding carboxylic acids is 1. The molecule has 1 amide bonds. The maximum Gasteiger partial charge on any atom is 0.354 e. The normalized spacial score (nSPS) is 15.0. The Morgan fingerprint density at radius 2 is 1.80 bits per heavy atom. The Bertz CT molecular complexity index is 771. The number of halogens is 1. The third-order valence-corrected chi connectivity index (χ3v) is 4.26. The molecule has 1 aliphatic rings. The third-order valence-electron chi connectivity index (χ3n) is 4.26. The van der Waals surface area contributed by atoms with Gasteiger partial charge in [-0.05, 0) is 49.2 Å². The second-order valence-corrected chi connectivity index (χ2v) is 5.94. The lowest BCUT2D eigenvalue weighted by Gasteiger charge is -2.32. The summed E-state index contributed by atoms with van der Waals surface area (Å²) in [6.45, 7) is 1.25. The number of benzene rings is 1. The zero-order chi connectivity index (χ0) is 17.8. The van der Waals surface area contributed by atoms with E-state index < -0.39 is 5.97 Å². The summed E-state index contributed by atoms with van der Waals surface area (Å²) in [4.78, 5) is 29.4.